The Hall–Kier alpha value is -0.610. The number of amides is 1. The molecule has 0 aromatic carbocycles. The zero-order valence-electron chi connectivity index (χ0n) is 11.1. The van der Waals surface area contributed by atoms with Crippen LogP contribution < -0.4 is 11.5 Å². The minimum atomic E-state index is -0.900. The summed E-state index contributed by atoms with van der Waals surface area (Å²) in [5, 5.41) is 0. The Morgan fingerprint density at radius 1 is 1.47 bits per heavy atom. The first kappa shape index (κ1) is 14.5. The van der Waals surface area contributed by atoms with Crippen LogP contribution in [0.3, 0.4) is 0 Å². The molecule has 100 valence electrons. The number of ether oxygens (including phenoxy) is 1. The molecular formula is C13H26N2O2. The van der Waals surface area contributed by atoms with Crippen molar-refractivity contribution in [3.63, 3.8) is 0 Å². The first-order valence-electron chi connectivity index (χ1n) is 6.62. The van der Waals surface area contributed by atoms with E-state index in [2.05, 4.69) is 6.92 Å². The van der Waals surface area contributed by atoms with E-state index in [1.165, 1.54) is 19.3 Å². The SMILES string of the molecule is CC1CCCC(OCCCC(C)(N)C(N)=O)C1. The number of rotatable bonds is 6. The molecule has 0 spiro atoms. The average molecular weight is 242 g/mol. The molecule has 4 N–H and O–H groups in total. The summed E-state index contributed by atoms with van der Waals surface area (Å²) in [6, 6.07) is 0. The number of carbonyl (C=O) groups is 1. The van der Waals surface area contributed by atoms with Crippen LogP contribution in [0.5, 0.6) is 0 Å². The van der Waals surface area contributed by atoms with Crippen LogP contribution in [0.2, 0.25) is 0 Å². The van der Waals surface area contributed by atoms with Crippen molar-refractivity contribution in [3.05, 3.63) is 0 Å². The number of primary amides is 1. The maximum absolute atomic E-state index is 11.0. The smallest absolute Gasteiger partial charge is 0.237 e. The fraction of sp³-hybridized carbons (Fsp3) is 0.923. The normalized spacial score (nSPS) is 28.6. The zero-order valence-corrected chi connectivity index (χ0v) is 11.1. The zero-order chi connectivity index (χ0) is 12.9. The molecule has 0 heterocycles. The number of nitrogens with two attached hydrogens (primary N) is 2. The third-order valence-electron chi connectivity index (χ3n) is 3.65. The highest BCUT2D eigenvalue weighted by atomic mass is 16.5. The van der Waals surface area contributed by atoms with Crippen molar-refractivity contribution in [2.24, 2.45) is 17.4 Å². The van der Waals surface area contributed by atoms with Crippen LogP contribution in [0.25, 0.3) is 0 Å². The van der Waals surface area contributed by atoms with E-state index >= 15 is 0 Å². The van der Waals surface area contributed by atoms with Crippen LogP contribution in [0, 0.1) is 5.92 Å². The van der Waals surface area contributed by atoms with Gasteiger partial charge in [-0.15, -0.1) is 0 Å². The Morgan fingerprint density at radius 2 is 2.18 bits per heavy atom. The van der Waals surface area contributed by atoms with Crippen LogP contribution in [-0.4, -0.2) is 24.2 Å². The van der Waals surface area contributed by atoms with Gasteiger partial charge in [-0.05, 0) is 38.5 Å². The first-order chi connectivity index (χ1) is 7.92. The lowest BCUT2D eigenvalue weighted by Crippen LogP contribution is -2.49. The molecule has 0 bridgehead atoms. The van der Waals surface area contributed by atoms with Gasteiger partial charge in [-0.1, -0.05) is 19.8 Å². The van der Waals surface area contributed by atoms with Crippen molar-refractivity contribution in [1.82, 2.24) is 0 Å². The van der Waals surface area contributed by atoms with Gasteiger partial charge in [0.05, 0.1) is 11.6 Å². The van der Waals surface area contributed by atoms with E-state index in [-0.39, 0.29) is 0 Å². The fourth-order valence-corrected chi connectivity index (χ4v) is 2.34. The summed E-state index contributed by atoms with van der Waals surface area (Å²) in [4.78, 5) is 11.0. The second-order valence-electron chi connectivity index (χ2n) is 5.65. The van der Waals surface area contributed by atoms with Gasteiger partial charge in [0.25, 0.3) is 0 Å². The Kier molecular flexibility index (Phi) is 5.40. The minimum absolute atomic E-state index is 0.399. The van der Waals surface area contributed by atoms with Gasteiger partial charge in [-0.2, -0.15) is 0 Å². The van der Waals surface area contributed by atoms with Crippen molar-refractivity contribution < 1.29 is 9.53 Å². The number of hydrogen-bond donors (Lipinski definition) is 2. The highest BCUT2D eigenvalue weighted by Gasteiger charge is 2.25. The third-order valence-corrected chi connectivity index (χ3v) is 3.65. The van der Waals surface area contributed by atoms with Crippen molar-refractivity contribution in [2.45, 2.75) is 64.0 Å². The van der Waals surface area contributed by atoms with Crippen LogP contribution in [-0.2, 0) is 9.53 Å². The molecule has 0 aromatic rings. The molecule has 1 rings (SSSR count). The fourth-order valence-electron chi connectivity index (χ4n) is 2.34. The van der Waals surface area contributed by atoms with E-state index in [4.69, 9.17) is 16.2 Å². The molecule has 1 aliphatic carbocycles. The second-order valence-corrected chi connectivity index (χ2v) is 5.65. The summed E-state index contributed by atoms with van der Waals surface area (Å²) in [6.07, 6.45) is 6.70. The van der Waals surface area contributed by atoms with E-state index in [1.54, 1.807) is 6.92 Å². The van der Waals surface area contributed by atoms with Gasteiger partial charge >= 0.3 is 0 Å². The van der Waals surface area contributed by atoms with Gasteiger partial charge < -0.3 is 16.2 Å². The lowest BCUT2D eigenvalue weighted by Gasteiger charge is -2.27. The van der Waals surface area contributed by atoms with Crippen molar-refractivity contribution >= 4 is 5.91 Å². The average Bonchev–Trinajstić information content (AvgIpc) is 2.24. The van der Waals surface area contributed by atoms with Crippen LogP contribution >= 0.6 is 0 Å². The summed E-state index contributed by atoms with van der Waals surface area (Å²) < 4.78 is 5.82. The molecule has 4 heteroatoms. The molecule has 17 heavy (non-hydrogen) atoms. The standard InChI is InChI=1S/C13H26N2O2/c1-10-5-3-6-11(9-10)17-8-4-7-13(2,15)12(14)16/h10-11H,3-9,15H2,1-2H3,(H2,14,16). The second kappa shape index (κ2) is 6.36. The molecule has 3 unspecified atom stereocenters. The first-order valence-corrected chi connectivity index (χ1v) is 6.62. The highest BCUT2D eigenvalue weighted by Crippen LogP contribution is 2.25. The van der Waals surface area contributed by atoms with Crippen molar-refractivity contribution in [3.8, 4) is 0 Å². The lowest BCUT2D eigenvalue weighted by atomic mass is 9.89. The van der Waals surface area contributed by atoms with Gasteiger partial charge in [0.15, 0.2) is 0 Å². The lowest BCUT2D eigenvalue weighted by molar-refractivity contribution is -0.122. The predicted molar refractivity (Wildman–Crippen MR) is 68.4 cm³/mol. The van der Waals surface area contributed by atoms with Crippen molar-refractivity contribution in [2.75, 3.05) is 6.61 Å². The summed E-state index contributed by atoms with van der Waals surface area (Å²) >= 11 is 0. The largest absolute Gasteiger partial charge is 0.378 e. The summed E-state index contributed by atoms with van der Waals surface area (Å²) in [5.74, 6) is 0.336. The third kappa shape index (κ3) is 5.04. The Morgan fingerprint density at radius 3 is 2.76 bits per heavy atom. The molecule has 1 aliphatic rings. The Bertz CT molecular complexity index is 254. The molecular weight excluding hydrogens is 216 g/mol. The van der Waals surface area contributed by atoms with Crippen LogP contribution in [0.4, 0.5) is 0 Å². The topological polar surface area (TPSA) is 78.3 Å². The summed E-state index contributed by atoms with van der Waals surface area (Å²) in [5.41, 5.74) is 10.1. The van der Waals surface area contributed by atoms with Crippen molar-refractivity contribution in [1.29, 1.82) is 0 Å². The molecule has 1 saturated carbocycles. The van der Waals surface area contributed by atoms with E-state index in [0.29, 0.717) is 19.1 Å². The summed E-state index contributed by atoms with van der Waals surface area (Å²) in [7, 11) is 0. The predicted octanol–water partition coefficient (Wildman–Crippen LogP) is 1.56. The monoisotopic (exact) mass is 242 g/mol. The minimum Gasteiger partial charge on any atom is -0.378 e. The Balaban J connectivity index is 2.13. The van der Waals surface area contributed by atoms with E-state index in [0.717, 1.165) is 18.8 Å². The van der Waals surface area contributed by atoms with Gasteiger partial charge in [-0.3, -0.25) is 4.79 Å². The molecule has 0 radical (unpaired) electrons. The van der Waals surface area contributed by atoms with Gasteiger partial charge in [0, 0.05) is 6.61 Å². The van der Waals surface area contributed by atoms with Gasteiger partial charge in [0.2, 0.25) is 5.91 Å². The van der Waals surface area contributed by atoms with Gasteiger partial charge in [0.1, 0.15) is 0 Å². The number of carbonyl (C=O) groups excluding carboxylic acids is 1. The van der Waals surface area contributed by atoms with Crippen LogP contribution in [0.15, 0.2) is 0 Å². The highest BCUT2D eigenvalue weighted by molar-refractivity contribution is 5.83. The van der Waals surface area contributed by atoms with E-state index in [1.807, 2.05) is 0 Å². The number of hydrogen-bond acceptors (Lipinski definition) is 3. The maximum atomic E-state index is 11.0. The van der Waals surface area contributed by atoms with E-state index < -0.39 is 11.4 Å². The quantitative estimate of drug-likeness (QED) is 0.694. The maximum Gasteiger partial charge on any atom is 0.237 e. The Labute approximate surface area is 104 Å². The molecule has 3 atom stereocenters. The molecule has 1 amide bonds. The van der Waals surface area contributed by atoms with Gasteiger partial charge in [-0.25, -0.2) is 0 Å². The molecule has 0 aromatic heterocycles. The summed E-state index contributed by atoms with van der Waals surface area (Å²) in [6.45, 7) is 4.63. The molecule has 0 aliphatic heterocycles. The molecule has 4 nitrogen and oxygen atoms in total. The molecule has 0 saturated heterocycles. The van der Waals surface area contributed by atoms with E-state index in [9.17, 15) is 4.79 Å². The molecule has 1 fully saturated rings. The van der Waals surface area contributed by atoms with Crippen LogP contribution in [0.1, 0.15) is 52.4 Å².